The molecular weight excluding hydrogens is 308 g/mol. The van der Waals surface area contributed by atoms with Crippen LogP contribution in [0.1, 0.15) is 44.9 Å². The van der Waals surface area contributed by atoms with Crippen molar-refractivity contribution in [3.05, 3.63) is 93.5 Å². The fraction of sp³-hybridized carbons (Fsp3) is 0.217. The quantitative estimate of drug-likeness (QED) is 0.621. The largest absolute Gasteiger partial charge is 0.508 e. The SMILES string of the molecule is Cc1cc(O)cc(C)c1C(c1ccccc1)c1c(C)cc(O)cc1C. The number of hydrogen-bond acceptors (Lipinski definition) is 2. The zero-order chi connectivity index (χ0) is 18.1. The molecule has 2 nitrogen and oxygen atoms in total. The van der Waals surface area contributed by atoms with E-state index in [9.17, 15) is 10.2 Å². The summed E-state index contributed by atoms with van der Waals surface area (Å²) < 4.78 is 0. The molecule has 0 aliphatic heterocycles. The van der Waals surface area contributed by atoms with Gasteiger partial charge in [-0.1, -0.05) is 30.3 Å². The summed E-state index contributed by atoms with van der Waals surface area (Å²) in [7, 11) is 0. The van der Waals surface area contributed by atoms with Gasteiger partial charge in [-0.3, -0.25) is 0 Å². The molecule has 3 aromatic rings. The third-order valence-electron chi connectivity index (χ3n) is 4.87. The fourth-order valence-corrected chi connectivity index (χ4v) is 3.94. The van der Waals surface area contributed by atoms with E-state index in [4.69, 9.17) is 0 Å². The van der Waals surface area contributed by atoms with Crippen molar-refractivity contribution in [2.24, 2.45) is 0 Å². The Bertz CT molecular complexity index is 807. The van der Waals surface area contributed by atoms with Crippen LogP contribution in [-0.4, -0.2) is 10.2 Å². The summed E-state index contributed by atoms with van der Waals surface area (Å²) in [6.07, 6.45) is 0. The predicted octanol–water partition coefficient (Wildman–Crippen LogP) is 5.51. The molecule has 128 valence electrons. The lowest BCUT2D eigenvalue weighted by molar-refractivity contribution is 0.474. The van der Waals surface area contributed by atoms with Crippen molar-refractivity contribution in [1.29, 1.82) is 0 Å². The van der Waals surface area contributed by atoms with Crippen LogP contribution in [0.5, 0.6) is 11.5 Å². The van der Waals surface area contributed by atoms with Crippen LogP contribution in [0.2, 0.25) is 0 Å². The van der Waals surface area contributed by atoms with Crippen LogP contribution in [0.15, 0.2) is 54.6 Å². The molecule has 0 fully saturated rings. The molecule has 0 unspecified atom stereocenters. The summed E-state index contributed by atoms with van der Waals surface area (Å²) in [5.74, 6) is 0.650. The molecule has 0 spiro atoms. The second-order valence-electron chi connectivity index (χ2n) is 6.83. The Morgan fingerprint density at radius 1 is 0.600 bits per heavy atom. The molecule has 2 heteroatoms. The minimum Gasteiger partial charge on any atom is -0.508 e. The Morgan fingerprint density at radius 2 is 0.960 bits per heavy atom. The maximum absolute atomic E-state index is 9.95. The zero-order valence-corrected chi connectivity index (χ0v) is 15.2. The zero-order valence-electron chi connectivity index (χ0n) is 15.2. The monoisotopic (exact) mass is 332 g/mol. The second-order valence-corrected chi connectivity index (χ2v) is 6.83. The van der Waals surface area contributed by atoms with E-state index in [1.54, 1.807) is 0 Å². The van der Waals surface area contributed by atoms with Crippen LogP contribution in [0.25, 0.3) is 0 Å². The molecule has 0 radical (unpaired) electrons. The molecule has 25 heavy (non-hydrogen) atoms. The van der Waals surface area contributed by atoms with Crippen LogP contribution in [0, 0.1) is 27.7 Å². The van der Waals surface area contributed by atoms with E-state index in [1.807, 2.05) is 58.0 Å². The van der Waals surface area contributed by atoms with Crippen molar-refractivity contribution in [1.82, 2.24) is 0 Å². The lowest BCUT2D eigenvalue weighted by atomic mass is 9.77. The minimum absolute atomic E-state index is 0.0578. The molecule has 0 bridgehead atoms. The molecule has 0 aromatic heterocycles. The van der Waals surface area contributed by atoms with E-state index < -0.39 is 0 Å². The number of aryl methyl sites for hydroxylation is 4. The van der Waals surface area contributed by atoms with Gasteiger partial charge in [0.05, 0.1) is 0 Å². The highest BCUT2D eigenvalue weighted by atomic mass is 16.3. The first-order valence-electron chi connectivity index (χ1n) is 8.53. The highest BCUT2D eigenvalue weighted by Gasteiger charge is 2.24. The lowest BCUT2D eigenvalue weighted by Gasteiger charge is -2.26. The molecule has 0 aliphatic carbocycles. The first-order chi connectivity index (χ1) is 11.9. The van der Waals surface area contributed by atoms with E-state index >= 15 is 0 Å². The maximum Gasteiger partial charge on any atom is 0.116 e. The summed E-state index contributed by atoms with van der Waals surface area (Å²) in [4.78, 5) is 0. The average Bonchev–Trinajstić information content (AvgIpc) is 2.52. The Balaban J connectivity index is 2.34. The third-order valence-corrected chi connectivity index (χ3v) is 4.87. The lowest BCUT2D eigenvalue weighted by Crippen LogP contribution is -2.10. The third kappa shape index (κ3) is 3.25. The number of phenols is 2. The molecule has 0 atom stereocenters. The van der Waals surface area contributed by atoms with E-state index in [0.29, 0.717) is 11.5 Å². The molecular formula is C23H24O2. The molecule has 3 rings (SSSR count). The highest BCUT2D eigenvalue weighted by molar-refractivity contribution is 5.56. The molecule has 0 saturated carbocycles. The number of aromatic hydroxyl groups is 2. The summed E-state index contributed by atoms with van der Waals surface area (Å²) in [6, 6.07) is 17.7. The van der Waals surface area contributed by atoms with E-state index in [2.05, 4.69) is 24.3 Å². The molecule has 2 N–H and O–H groups in total. The van der Waals surface area contributed by atoms with Crippen molar-refractivity contribution in [3.8, 4) is 11.5 Å². The van der Waals surface area contributed by atoms with Gasteiger partial charge in [0.25, 0.3) is 0 Å². The van der Waals surface area contributed by atoms with Crippen molar-refractivity contribution < 1.29 is 10.2 Å². The fourth-order valence-electron chi connectivity index (χ4n) is 3.94. The van der Waals surface area contributed by atoms with Crippen LogP contribution in [-0.2, 0) is 0 Å². The van der Waals surface area contributed by atoms with Gasteiger partial charge >= 0.3 is 0 Å². The smallest absolute Gasteiger partial charge is 0.116 e. The van der Waals surface area contributed by atoms with Gasteiger partial charge in [0.15, 0.2) is 0 Å². The van der Waals surface area contributed by atoms with E-state index in [1.165, 1.54) is 16.7 Å². The normalized spacial score (nSPS) is 11.1. The Morgan fingerprint density at radius 3 is 1.32 bits per heavy atom. The van der Waals surface area contributed by atoms with Gasteiger partial charge in [0.2, 0.25) is 0 Å². The summed E-state index contributed by atoms with van der Waals surface area (Å²) >= 11 is 0. The predicted molar refractivity (Wildman–Crippen MR) is 103 cm³/mol. The Labute approximate surface area is 149 Å². The number of hydrogen-bond donors (Lipinski definition) is 2. The van der Waals surface area contributed by atoms with Gasteiger partial charge in [-0.05, 0) is 90.9 Å². The van der Waals surface area contributed by atoms with Gasteiger partial charge in [-0.2, -0.15) is 0 Å². The van der Waals surface area contributed by atoms with Crippen molar-refractivity contribution in [2.75, 3.05) is 0 Å². The van der Waals surface area contributed by atoms with Gasteiger partial charge < -0.3 is 10.2 Å². The average molecular weight is 332 g/mol. The maximum atomic E-state index is 9.95. The molecule has 0 aliphatic rings. The van der Waals surface area contributed by atoms with Gasteiger partial charge in [0.1, 0.15) is 11.5 Å². The molecule has 0 saturated heterocycles. The summed E-state index contributed by atoms with van der Waals surface area (Å²) in [6.45, 7) is 8.18. The standard InChI is InChI=1S/C23H24O2/c1-14-10-19(24)11-15(2)21(14)23(18-8-6-5-7-9-18)22-16(3)12-20(25)13-17(22)4/h5-13,23-25H,1-4H3. The van der Waals surface area contributed by atoms with Gasteiger partial charge in [-0.25, -0.2) is 0 Å². The van der Waals surface area contributed by atoms with Gasteiger partial charge in [-0.15, -0.1) is 0 Å². The first kappa shape index (κ1) is 17.1. The van der Waals surface area contributed by atoms with Crippen LogP contribution in [0.3, 0.4) is 0 Å². The molecule has 0 amide bonds. The van der Waals surface area contributed by atoms with Crippen LogP contribution >= 0.6 is 0 Å². The Kier molecular flexibility index (Phi) is 4.54. The first-order valence-corrected chi connectivity index (χ1v) is 8.53. The minimum atomic E-state index is 0.0578. The molecule has 0 heterocycles. The molecule has 3 aromatic carbocycles. The summed E-state index contributed by atoms with van der Waals surface area (Å²) in [5, 5.41) is 19.9. The van der Waals surface area contributed by atoms with Crippen LogP contribution in [0.4, 0.5) is 0 Å². The topological polar surface area (TPSA) is 40.5 Å². The highest BCUT2D eigenvalue weighted by Crippen LogP contribution is 2.40. The second kappa shape index (κ2) is 6.64. The van der Waals surface area contributed by atoms with Crippen molar-refractivity contribution >= 4 is 0 Å². The van der Waals surface area contributed by atoms with E-state index in [-0.39, 0.29) is 5.92 Å². The number of phenolic OH excluding ortho intramolecular Hbond substituents is 2. The number of benzene rings is 3. The number of rotatable bonds is 3. The van der Waals surface area contributed by atoms with Crippen molar-refractivity contribution in [2.45, 2.75) is 33.6 Å². The van der Waals surface area contributed by atoms with Crippen molar-refractivity contribution in [3.63, 3.8) is 0 Å². The van der Waals surface area contributed by atoms with Crippen LogP contribution < -0.4 is 0 Å². The summed E-state index contributed by atoms with van der Waals surface area (Å²) in [5.41, 5.74) is 7.89. The van der Waals surface area contributed by atoms with E-state index in [0.717, 1.165) is 22.3 Å². The van der Waals surface area contributed by atoms with Gasteiger partial charge in [0, 0.05) is 5.92 Å². The Hall–Kier alpha value is -2.74.